The maximum atomic E-state index is 10.8. The summed E-state index contributed by atoms with van der Waals surface area (Å²) in [6, 6.07) is 5.15. The second-order valence-electron chi connectivity index (χ2n) is 5.01. The number of fused-ring (bicyclic) bond motifs is 1. The third kappa shape index (κ3) is 1.64. The lowest BCUT2D eigenvalue weighted by Gasteiger charge is -2.38. The first kappa shape index (κ1) is 10.9. The van der Waals surface area contributed by atoms with E-state index >= 15 is 0 Å². The van der Waals surface area contributed by atoms with Crippen LogP contribution in [0.3, 0.4) is 0 Å². The minimum absolute atomic E-state index is 0.0217. The number of anilines is 1. The molecular weight excluding hydrogens is 204 g/mol. The number of hydrogen-bond donors (Lipinski definition) is 0. The predicted octanol–water partition coefficient (Wildman–Crippen LogP) is 2.71. The van der Waals surface area contributed by atoms with Gasteiger partial charge in [0, 0.05) is 31.4 Å². The Balaban J connectivity index is 2.57. The maximum Gasteiger partial charge on any atom is 0.269 e. The van der Waals surface area contributed by atoms with E-state index in [1.54, 1.807) is 12.1 Å². The Morgan fingerprint density at radius 2 is 2.12 bits per heavy atom. The average molecular weight is 220 g/mol. The molecule has 0 fully saturated rings. The molecule has 0 unspecified atom stereocenters. The summed E-state index contributed by atoms with van der Waals surface area (Å²) in [7, 11) is 2.03. The molecule has 0 amide bonds. The maximum absolute atomic E-state index is 10.8. The van der Waals surface area contributed by atoms with Crippen LogP contribution in [0, 0.1) is 10.1 Å². The highest BCUT2D eigenvalue weighted by Gasteiger charge is 2.31. The van der Waals surface area contributed by atoms with Crippen LogP contribution >= 0.6 is 0 Å². The van der Waals surface area contributed by atoms with Crippen molar-refractivity contribution in [3.8, 4) is 0 Å². The van der Waals surface area contributed by atoms with Crippen molar-refractivity contribution in [2.24, 2.45) is 0 Å². The van der Waals surface area contributed by atoms with Gasteiger partial charge in [-0.15, -0.1) is 0 Å². The lowest BCUT2D eigenvalue weighted by Crippen LogP contribution is -2.34. The highest BCUT2D eigenvalue weighted by Crippen LogP contribution is 2.40. The molecule has 0 bridgehead atoms. The van der Waals surface area contributed by atoms with E-state index in [0.717, 1.165) is 24.2 Å². The fourth-order valence-electron chi connectivity index (χ4n) is 2.21. The second-order valence-corrected chi connectivity index (χ2v) is 5.01. The number of nitro groups is 1. The quantitative estimate of drug-likeness (QED) is 0.540. The smallest absolute Gasteiger partial charge is 0.269 e. The molecule has 0 N–H and O–H groups in total. The van der Waals surface area contributed by atoms with Crippen LogP contribution in [0.5, 0.6) is 0 Å². The second kappa shape index (κ2) is 3.47. The van der Waals surface area contributed by atoms with E-state index in [9.17, 15) is 10.1 Å². The van der Waals surface area contributed by atoms with Crippen molar-refractivity contribution in [1.82, 2.24) is 0 Å². The summed E-state index contributed by atoms with van der Waals surface area (Å²) in [5, 5.41) is 10.8. The van der Waals surface area contributed by atoms with Crippen LogP contribution < -0.4 is 4.90 Å². The summed E-state index contributed by atoms with van der Waals surface area (Å²) in [6.45, 7) is 5.28. The van der Waals surface area contributed by atoms with Gasteiger partial charge in [-0.2, -0.15) is 0 Å². The van der Waals surface area contributed by atoms with Gasteiger partial charge in [0.15, 0.2) is 0 Å². The van der Waals surface area contributed by atoms with Gasteiger partial charge in [0.1, 0.15) is 0 Å². The van der Waals surface area contributed by atoms with Crippen molar-refractivity contribution in [2.45, 2.75) is 25.7 Å². The van der Waals surface area contributed by atoms with E-state index in [0.29, 0.717) is 0 Å². The van der Waals surface area contributed by atoms with Crippen LogP contribution in [0.25, 0.3) is 0 Å². The molecule has 16 heavy (non-hydrogen) atoms. The third-order valence-corrected chi connectivity index (χ3v) is 3.40. The van der Waals surface area contributed by atoms with E-state index in [1.165, 1.54) is 0 Å². The van der Waals surface area contributed by atoms with Crippen molar-refractivity contribution in [3.63, 3.8) is 0 Å². The molecule has 1 heterocycles. The van der Waals surface area contributed by atoms with Crippen molar-refractivity contribution >= 4 is 11.4 Å². The van der Waals surface area contributed by atoms with Gasteiger partial charge in [-0.1, -0.05) is 13.8 Å². The molecule has 0 aromatic heterocycles. The molecule has 0 spiro atoms. The Bertz CT molecular complexity index is 441. The molecule has 1 aromatic rings. The molecule has 0 radical (unpaired) electrons. The Kier molecular flexibility index (Phi) is 2.37. The zero-order chi connectivity index (χ0) is 11.9. The topological polar surface area (TPSA) is 46.4 Å². The number of benzene rings is 1. The van der Waals surface area contributed by atoms with Gasteiger partial charge < -0.3 is 4.90 Å². The predicted molar refractivity (Wildman–Crippen MR) is 64.0 cm³/mol. The number of non-ortho nitro benzene ring substituents is 1. The van der Waals surface area contributed by atoms with Crippen LogP contribution in [0.1, 0.15) is 25.8 Å². The minimum atomic E-state index is -0.328. The zero-order valence-electron chi connectivity index (χ0n) is 9.86. The van der Waals surface area contributed by atoms with E-state index < -0.39 is 0 Å². The van der Waals surface area contributed by atoms with E-state index in [-0.39, 0.29) is 16.0 Å². The number of hydrogen-bond acceptors (Lipinski definition) is 3. The Morgan fingerprint density at radius 3 is 2.75 bits per heavy atom. The van der Waals surface area contributed by atoms with Crippen LogP contribution in [0.2, 0.25) is 0 Å². The molecule has 1 aliphatic heterocycles. The van der Waals surface area contributed by atoms with Crippen molar-refractivity contribution < 1.29 is 4.92 Å². The molecule has 0 atom stereocenters. The fourth-order valence-corrected chi connectivity index (χ4v) is 2.21. The van der Waals surface area contributed by atoms with Crippen molar-refractivity contribution in [1.29, 1.82) is 0 Å². The average Bonchev–Trinajstić information content (AvgIpc) is 2.23. The first-order chi connectivity index (χ1) is 7.42. The summed E-state index contributed by atoms with van der Waals surface area (Å²) >= 11 is 0. The molecule has 0 saturated carbocycles. The van der Waals surface area contributed by atoms with Crippen LogP contribution in [0.4, 0.5) is 11.4 Å². The molecule has 0 saturated heterocycles. The molecule has 4 heteroatoms. The van der Waals surface area contributed by atoms with Gasteiger partial charge in [-0.25, -0.2) is 0 Å². The largest absolute Gasteiger partial charge is 0.374 e. The first-order valence-corrected chi connectivity index (χ1v) is 5.42. The Hall–Kier alpha value is -1.58. The van der Waals surface area contributed by atoms with E-state index in [2.05, 4.69) is 18.7 Å². The third-order valence-electron chi connectivity index (χ3n) is 3.40. The van der Waals surface area contributed by atoms with Gasteiger partial charge in [0.25, 0.3) is 5.69 Å². The summed E-state index contributed by atoms with van der Waals surface area (Å²) in [6.07, 6.45) is 1.03. The highest BCUT2D eigenvalue weighted by atomic mass is 16.6. The number of nitrogens with zero attached hydrogens (tertiary/aromatic N) is 2. The SMILES string of the molecule is CN1CCC(C)(C)c2cc([N+](=O)[O-])ccc21. The summed E-state index contributed by atoms with van der Waals surface area (Å²) in [4.78, 5) is 12.6. The Labute approximate surface area is 95.0 Å². The van der Waals surface area contributed by atoms with Crippen LogP contribution in [0.15, 0.2) is 18.2 Å². The summed E-state index contributed by atoms with van der Waals surface area (Å²) in [5.41, 5.74) is 2.40. The Morgan fingerprint density at radius 1 is 1.44 bits per heavy atom. The molecule has 2 rings (SSSR count). The van der Waals surface area contributed by atoms with Crippen LogP contribution in [-0.4, -0.2) is 18.5 Å². The molecular formula is C12H16N2O2. The molecule has 86 valence electrons. The first-order valence-electron chi connectivity index (χ1n) is 5.42. The monoisotopic (exact) mass is 220 g/mol. The van der Waals surface area contributed by atoms with Gasteiger partial charge in [0.2, 0.25) is 0 Å². The lowest BCUT2D eigenvalue weighted by molar-refractivity contribution is -0.385. The molecule has 1 aromatic carbocycles. The van der Waals surface area contributed by atoms with Gasteiger partial charge in [0.05, 0.1) is 4.92 Å². The minimum Gasteiger partial charge on any atom is -0.374 e. The van der Waals surface area contributed by atoms with Gasteiger partial charge in [-0.05, 0) is 23.5 Å². The highest BCUT2D eigenvalue weighted by molar-refractivity contribution is 5.61. The van der Waals surface area contributed by atoms with Crippen molar-refractivity contribution in [2.75, 3.05) is 18.5 Å². The lowest BCUT2D eigenvalue weighted by atomic mass is 9.77. The molecule has 4 nitrogen and oxygen atoms in total. The molecule has 1 aliphatic rings. The summed E-state index contributed by atoms with van der Waals surface area (Å²) in [5.74, 6) is 0. The normalized spacial score (nSPS) is 18.1. The zero-order valence-corrected chi connectivity index (χ0v) is 9.86. The van der Waals surface area contributed by atoms with Crippen molar-refractivity contribution in [3.05, 3.63) is 33.9 Å². The fraction of sp³-hybridized carbons (Fsp3) is 0.500. The number of rotatable bonds is 1. The van der Waals surface area contributed by atoms with Gasteiger partial charge in [-0.3, -0.25) is 10.1 Å². The summed E-state index contributed by atoms with van der Waals surface area (Å²) < 4.78 is 0. The van der Waals surface area contributed by atoms with E-state index in [1.807, 2.05) is 13.1 Å². The number of nitro benzene ring substituents is 1. The standard InChI is InChI=1S/C12H16N2O2/c1-12(2)6-7-13(3)11-5-4-9(14(15)16)8-10(11)12/h4-5,8H,6-7H2,1-3H3. The van der Waals surface area contributed by atoms with Crippen LogP contribution in [-0.2, 0) is 5.41 Å². The molecule has 0 aliphatic carbocycles. The van der Waals surface area contributed by atoms with E-state index in [4.69, 9.17) is 0 Å². The van der Waals surface area contributed by atoms with Gasteiger partial charge >= 0.3 is 0 Å².